The van der Waals surface area contributed by atoms with Crippen molar-refractivity contribution in [3.05, 3.63) is 89.0 Å². The van der Waals surface area contributed by atoms with Crippen LogP contribution in [0.2, 0.25) is 0 Å². The van der Waals surface area contributed by atoms with Gasteiger partial charge in [-0.05, 0) is 29.5 Å². The lowest BCUT2D eigenvalue weighted by Gasteiger charge is -2.23. The maximum absolute atomic E-state index is 14.3. The lowest BCUT2D eigenvalue weighted by atomic mass is 9.86. The minimum absolute atomic E-state index is 0.0386. The van der Waals surface area contributed by atoms with Crippen molar-refractivity contribution in [1.29, 1.82) is 0 Å². The molecule has 172 valence electrons. The van der Waals surface area contributed by atoms with E-state index in [9.17, 15) is 9.18 Å². The molecule has 4 nitrogen and oxygen atoms in total. The Morgan fingerprint density at radius 3 is 2.30 bits per heavy atom. The average molecular weight is 448 g/mol. The van der Waals surface area contributed by atoms with E-state index >= 15 is 0 Å². The Morgan fingerprint density at radius 1 is 1.06 bits per heavy atom. The molecule has 0 saturated carbocycles. The number of esters is 1. The second-order valence-corrected chi connectivity index (χ2v) is 8.47. The highest BCUT2D eigenvalue weighted by Gasteiger charge is 2.28. The van der Waals surface area contributed by atoms with Gasteiger partial charge in [-0.15, -0.1) is 0 Å². The third kappa shape index (κ3) is 5.14. The summed E-state index contributed by atoms with van der Waals surface area (Å²) in [4.78, 5) is 17.9. The van der Waals surface area contributed by atoms with E-state index in [4.69, 9.17) is 14.5 Å². The van der Waals surface area contributed by atoms with Crippen LogP contribution in [0.4, 0.5) is 4.39 Å². The van der Waals surface area contributed by atoms with Gasteiger partial charge in [0.05, 0.1) is 24.1 Å². The first-order chi connectivity index (χ1) is 15.8. The van der Waals surface area contributed by atoms with Gasteiger partial charge in [0.1, 0.15) is 18.2 Å². The summed E-state index contributed by atoms with van der Waals surface area (Å²) in [5.74, 6) is -0.553. The highest BCUT2D eigenvalue weighted by atomic mass is 19.1. The molecule has 0 bridgehead atoms. The van der Waals surface area contributed by atoms with Crippen molar-refractivity contribution in [3.8, 4) is 16.9 Å². The fourth-order valence-electron chi connectivity index (χ4n) is 3.85. The summed E-state index contributed by atoms with van der Waals surface area (Å²) in [5, 5.41) is 0. The molecule has 0 N–H and O–H groups in total. The molecule has 0 aliphatic carbocycles. The Bertz CT molecular complexity index is 1150. The van der Waals surface area contributed by atoms with Gasteiger partial charge in [-0.25, -0.2) is 9.18 Å². The number of ether oxygens (including phenoxy) is 2. The molecular formula is C28H30FNO3. The van der Waals surface area contributed by atoms with Gasteiger partial charge in [-0.2, -0.15) is 0 Å². The van der Waals surface area contributed by atoms with Crippen molar-refractivity contribution in [3.63, 3.8) is 0 Å². The lowest BCUT2D eigenvalue weighted by Crippen LogP contribution is -2.16. The fraction of sp³-hybridized carbons (Fsp3) is 0.286. The minimum Gasteiger partial charge on any atom is -0.488 e. The first-order valence-corrected chi connectivity index (χ1v) is 11.0. The average Bonchev–Trinajstić information content (AvgIpc) is 2.81. The molecule has 5 heteroatoms. The van der Waals surface area contributed by atoms with Crippen molar-refractivity contribution in [2.24, 2.45) is 0 Å². The van der Waals surface area contributed by atoms with Gasteiger partial charge >= 0.3 is 5.97 Å². The largest absolute Gasteiger partial charge is 0.488 e. The van der Waals surface area contributed by atoms with Gasteiger partial charge in [0.15, 0.2) is 0 Å². The van der Waals surface area contributed by atoms with E-state index in [1.165, 1.54) is 19.2 Å². The number of aromatic nitrogens is 1. The molecule has 0 aliphatic heterocycles. The highest BCUT2D eigenvalue weighted by molar-refractivity contribution is 6.02. The molecule has 0 aliphatic rings. The normalized spacial score (nSPS) is 11.0. The van der Waals surface area contributed by atoms with E-state index in [2.05, 4.69) is 6.58 Å². The van der Waals surface area contributed by atoms with Crippen LogP contribution >= 0.6 is 0 Å². The van der Waals surface area contributed by atoms with Crippen molar-refractivity contribution >= 4 is 12.0 Å². The molecule has 1 aromatic heterocycles. The summed E-state index contributed by atoms with van der Waals surface area (Å²) in [6, 6.07) is 14.0. The van der Waals surface area contributed by atoms with E-state index in [1.54, 1.807) is 12.1 Å². The Labute approximate surface area is 195 Å². The number of carbonyl (C=O) groups is 1. The molecule has 0 fully saturated rings. The fourth-order valence-corrected chi connectivity index (χ4v) is 3.85. The van der Waals surface area contributed by atoms with Crippen LogP contribution in [0.15, 0.2) is 55.1 Å². The third-order valence-electron chi connectivity index (χ3n) is 5.43. The number of pyridine rings is 1. The number of rotatable bonds is 8. The molecule has 0 unspecified atom stereocenters. The van der Waals surface area contributed by atoms with Gasteiger partial charge < -0.3 is 9.47 Å². The lowest BCUT2D eigenvalue weighted by molar-refractivity contribution is 0.0599. The number of carbonyl (C=O) groups excluding carboxylic acids is 1. The predicted molar refractivity (Wildman–Crippen MR) is 130 cm³/mol. The summed E-state index contributed by atoms with van der Waals surface area (Å²) in [7, 11) is 1.34. The van der Waals surface area contributed by atoms with Gasteiger partial charge in [-0.1, -0.05) is 70.7 Å². The first-order valence-electron chi connectivity index (χ1n) is 11.0. The quantitative estimate of drug-likeness (QED) is 0.344. The van der Waals surface area contributed by atoms with Crippen molar-refractivity contribution in [2.45, 2.75) is 46.1 Å². The predicted octanol–water partition coefficient (Wildman–Crippen LogP) is 7.14. The van der Waals surface area contributed by atoms with Crippen LogP contribution in [0.25, 0.3) is 17.2 Å². The van der Waals surface area contributed by atoms with E-state index in [1.807, 2.05) is 58.0 Å². The molecule has 1 heterocycles. The van der Waals surface area contributed by atoms with Crippen LogP contribution in [0.1, 0.15) is 72.4 Å². The zero-order valence-corrected chi connectivity index (χ0v) is 19.8. The van der Waals surface area contributed by atoms with Crippen molar-refractivity contribution in [2.75, 3.05) is 7.11 Å². The summed E-state index contributed by atoms with van der Waals surface area (Å²) in [5.41, 5.74) is 4.65. The van der Waals surface area contributed by atoms with E-state index < -0.39 is 11.8 Å². The van der Waals surface area contributed by atoms with Crippen LogP contribution in [-0.4, -0.2) is 18.1 Å². The smallest absolute Gasteiger partial charge is 0.340 e. The molecule has 0 atom stereocenters. The molecular weight excluding hydrogens is 417 g/mol. The zero-order chi connectivity index (χ0) is 24.1. The Kier molecular flexibility index (Phi) is 7.64. The van der Waals surface area contributed by atoms with Crippen molar-refractivity contribution < 1.29 is 18.7 Å². The van der Waals surface area contributed by atoms with Crippen LogP contribution in [0.3, 0.4) is 0 Å². The molecule has 0 saturated heterocycles. The van der Waals surface area contributed by atoms with Gasteiger partial charge in [0.2, 0.25) is 0 Å². The third-order valence-corrected chi connectivity index (χ3v) is 5.43. The maximum Gasteiger partial charge on any atom is 0.340 e. The maximum atomic E-state index is 14.3. The van der Waals surface area contributed by atoms with Crippen LogP contribution in [0.5, 0.6) is 5.75 Å². The zero-order valence-electron chi connectivity index (χ0n) is 19.8. The Morgan fingerprint density at radius 2 is 1.73 bits per heavy atom. The Balaban J connectivity index is 2.32. The second kappa shape index (κ2) is 10.4. The van der Waals surface area contributed by atoms with Gasteiger partial charge in [0, 0.05) is 22.8 Å². The van der Waals surface area contributed by atoms with Gasteiger partial charge in [0.25, 0.3) is 0 Å². The standard InChI is InChI=1S/C28H30FNO3/c1-7-21-24(25(28(31)32-6)27(18(4)5)30-26(21)17(2)3)22-14-13-20(29)15-23(22)33-16-19-11-9-8-10-12-19/h7-15,17-18H,1,16H2,2-6H3. The Hall–Kier alpha value is -3.47. The number of halogens is 1. The molecule has 2 aromatic carbocycles. The molecule has 0 spiro atoms. The van der Waals surface area contributed by atoms with Crippen LogP contribution < -0.4 is 4.74 Å². The summed E-state index contributed by atoms with van der Waals surface area (Å²) < 4.78 is 25.5. The first kappa shape index (κ1) is 24.2. The number of hydrogen-bond acceptors (Lipinski definition) is 4. The molecule has 33 heavy (non-hydrogen) atoms. The SMILES string of the molecule is C=Cc1c(C(C)C)nc(C(C)C)c(C(=O)OC)c1-c1ccc(F)cc1OCc1ccccc1. The number of methoxy groups -OCH3 is 1. The van der Waals surface area contributed by atoms with E-state index in [0.29, 0.717) is 33.7 Å². The van der Waals surface area contributed by atoms with E-state index in [-0.39, 0.29) is 18.4 Å². The molecule has 3 rings (SSSR count). The summed E-state index contributed by atoms with van der Waals surface area (Å²) in [6.07, 6.45) is 1.69. The number of hydrogen-bond donors (Lipinski definition) is 0. The molecule has 0 amide bonds. The highest BCUT2D eigenvalue weighted by Crippen LogP contribution is 2.41. The van der Waals surface area contributed by atoms with Crippen LogP contribution in [-0.2, 0) is 11.3 Å². The van der Waals surface area contributed by atoms with E-state index in [0.717, 1.165) is 11.3 Å². The van der Waals surface area contributed by atoms with Crippen LogP contribution in [0, 0.1) is 5.82 Å². The second-order valence-electron chi connectivity index (χ2n) is 8.47. The van der Waals surface area contributed by atoms with Gasteiger partial charge in [-0.3, -0.25) is 4.98 Å². The molecule has 0 radical (unpaired) electrons. The number of nitrogens with zero attached hydrogens (tertiary/aromatic N) is 1. The minimum atomic E-state index is -0.502. The summed E-state index contributed by atoms with van der Waals surface area (Å²) >= 11 is 0. The topological polar surface area (TPSA) is 48.4 Å². The monoisotopic (exact) mass is 447 g/mol. The van der Waals surface area contributed by atoms with Crippen molar-refractivity contribution in [1.82, 2.24) is 4.98 Å². The molecule has 3 aromatic rings. The summed E-state index contributed by atoms with van der Waals surface area (Å²) in [6.45, 7) is 12.3. The number of benzene rings is 2.